The summed E-state index contributed by atoms with van der Waals surface area (Å²) in [5.41, 5.74) is 1.09. The van der Waals surface area contributed by atoms with Crippen molar-refractivity contribution in [1.29, 1.82) is 0 Å². The number of hydrogen-bond donors (Lipinski definition) is 2. The van der Waals surface area contributed by atoms with Gasteiger partial charge in [0.15, 0.2) is 6.61 Å². The van der Waals surface area contributed by atoms with Crippen LogP contribution in [0.15, 0.2) is 24.3 Å². The zero-order valence-corrected chi connectivity index (χ0v) is 12.5. The fourth-order valence-electron chi connectivity index (χ4n) is 2.92. The van der Waals surface area contributed by atoms with Gasteiger partial charge in [0, 0.05) is 12.5 Å². The molecule has 2 aliphatic rings. The summed E-state index contributed by atoms with van der Waals surface area (Å²) in [4.78, 5) is 22.4. The average Bonchev–Trinajstić information content (AvgIpc) is 3.38. The van der Waals surface area contributed by atoms with Gasteiger partial charge in [0.05, 0.1) is 0 Å². The molecule has 2 fully saturated rings. The highest BCUT2D eigenvalue weighted by molar-refractivity contribution is 5.81. The number of carbonyl (C=O) groups is 2. The highest BCUT2D eigenvalue weighted by Crippen LogP contribution is 2.54. The van der Waals surface area contributed by atoms with Crippen molar-refractivity contribution >= 4 is 11.9 Å². The lowest BCUT2D eigenvalue weighted by Gasteiger charge is -2.07. The Bertz CT molecular complexity index is 550. The Hall–Kier alpha value is -2.04. The van der Waals surface area contributed by atoms with E-state index in [1.807, 2.05) is 12.1 Å². The molecule has 2 atom stereocenters. The third-order valence-corrected chi connectivity index (χ3v) is 4.40. The molecule has 0 bridgehead atoms. The average molecular weight is 303 g/mol. The quantitative estimate of drug-likeness (QED) is 0.768. The van der Waals surface area contributed by atoms with Gasteiger partial charge in [-0.2, -0.15) is 0 Å². The van der Waals surface area contributed by atoms with Crippen molar-refractivity contribution in [1.82, 2.24) is 5.32 Å². The standard InChI is InChI=1S/C17H21NO4/c19-16(20)10-22-13-5-1-11(2-6-13)7-8-18-17(21)15-9-14(15)12-3-4-12/h1-2,5-6,12,14-15H,3-4,7-10H2,(H,18,21)(H,19,20)/t14-,15-/m1/s1. The van der Waals surface area contributed by atoms with Gasteiger partial charge < -0.3 is 15.2 Å². The molecule has 0 aromatic heterocycles. The highest BCUT2D eigenvalue weighted by atomic mass is 16.5. The van der Waals surface area contributed by atoms with E-state index in [-0.39, 0.29) is 18.4 Å². The number of aliphatic carboxylic acids is 1. The summed E-state index contributed by atoms with van der Waals surface area (Å²) in [5, 5.41) is 11.6. The van der Waals surface area contributed by atoms with Gasteiger partial charge in [-0.05, 0) is 55.2 Å². The third-order valence-electron chi connectivity index (χ3n) is 4.40. The summed E-state index contributed by atoms with van der Waals surface area (Å²) in [7, 11) is 0. The normalized spacial score (nSPS) is 22.9. The summed E-state index contributed by atoms with van der Waals surface area (Å²) in [6.07, 6.45) is 4.47. The molecule has 22 heavy (non-hydrogen) atoms. The zero-order valence-electron chi connectivity index (χ0n) is 12.5. The molecule has 5 heteroatoms. The van der Waals surface area contributed by atoms with Crippen LogP contribution in [0.1, 0.15) is 24.8 Å². The van der Waals surface area contributed by atoms with Crippen LogP contribution in [0.4, 0.5) is 0 Å². The summed E-state index contributed by atoms with van der Waals surface area (Å²) in [5.74, 6) is 1.51. The molecule has 0 aliphatic heterocycles. The molecule has 3 rings (SSSR count). The van der Waals surface area contributed by atoms with Crippen LogP contribution in [0.3, 0.4) is 0 Å². The van der Waals surface area contributed by atoms with Crippen molar-refractivity contribution in [2.75, 3.05) is 13.2 Å². The molecule has 2 N–H and O–H groups in total. The van der Waals surface area contributed by atoms with Crippen molar-refractivity contribution < 1.29 is 19.4 Å². The summed E-state index contributed by atoms with van der Waals surface area (Å²) in [6.45, 7) is 0.307. The molecule has 1 aromatic carbocycles. The maximum Gasteiger partial charge on any atom is 0.341 e. The van der Waals surface area contributed by atoms with E-state index in [9.17, 15) is 9.59 Å². The molecule has 0 saturated heterocycles. The molecule has 2 aliphatic carbocycles. The fourth-order valence-corrected chi connectivity index (χ4v) is 2.92. The fraction of sp³-hybridized carbons (Fsp3) is 0.529. The van der Waals surface area contributed by atoms with E-state index in [0.29, 0.717) is 18.2 Å². The SMILES string of the molecule is O=C(O)COc1ccc(CCNC(=O)[C@@H]2C[C@@H]2C2CC2)cc1. The topological polar surface area (TPSA) is 75.6 Å². The number of rotatable bonds is 8. The van der Waals surface area contributed by atoms with E-state index in [1.165, 1.54) is 12.8 Å². The smallest absolute Gasteiger partial charge is 0.341 e. The number of amides is 1. The third kappa shape index (κ3) is 4.00. The summed E-state index contributed by atoms with van der Waals surface area (Å²) < 4.78 is 5.08. The van der Waals surface area contributed by atoms with Crippen molar-refractivity contribution in [2.24, 2.45) is 17.8 Å². The molecular formula is C17H21NO4. The van der Waals surface area contributed by atoms with Crippen LogP contribution in [0, 0.1) is 17.8 Å². The molecule has 118 valence electrons. The Morgan fingerprint density at radius 1 is 1.23 bits per heavy atom. The van der Waals surface area contributed by atoms with Crippen molar-refractivity contribution in [3.05, 3.63) is 29.8 Å². The van der Waals surface area contributed by atoms with Crippen molar-refractivity contribution in [3.63, 3.8) is 0 Å². The lowest BCUT2D eigenvalue weighted by atomic mass is 10.1. The molecule has 0 radical (unpaired) electrons. The van der Waals surface area contributed by atoms with Gasteiger partial charge in [-0.1, -0.05) is 12.1 Å². The molecular weight excluding hydrogens is 282 g/mol. The molecule has 2 saturated carbocycles. The Balaban J connectivity index is 1.36. The Labute approximate surface area is 129 Å². The molecule has 0 unspecified atom stereocenters. The second-order valence-corrected chi connectivity index (χ2v) is 6.21. The molecule has 5 nitrogen and oxygen atoms in total. The summed E-state index contributed by atoms with van der Waals surface area (Å²) in [6, 6.07) is 7.30. The first-order valence-corrected chi connectivity index (χ1v) is 7.85. The number of ether oxygens (including phenoxy) is 1. The number of carboxylic acid groups (broad SMARTS) is 1. The highest BCUT2D eigenvalue weighted by Gasteiger charge is 2.50. The molecule has 0 spiro atoms. The van der Waals surface area contributed by atoms with Gasteiger partial charge in [0.2, 0.25) is 5.91 Å². The van der Waals surface area contributed by atoms with E-state index >= 15 is 0 Å². The van der Waals surface area contributed by atoms with Gasteiger partial charge in [-0.15, -0.1) is 0 Å². The molecule has 1 amide bonds. The van der Waals surface area contributed by atoms with E-state index in [4.69, 9.17) is 9.84 Å². The Morgan fingerprint density at radius 2 is 1.95 bits per heavy atom. The first-order valence-electron chi connectivity index (χ1n) is 7.85. The van der Waals surface area contributed by atoms with Crippen LogP contribution in [0.5, 0.6) is 5.75 Å². The first kappa shape index (κ1) is 14.9. The van der Waals surface area contributed by atoms with Crippen LogP contribution < -0.4 is 10.1 Å². The van der Waals surface area contributed by atoms with E-state index in [2.05, 4.69) is 5.32 Å². The zero-order chi connectivity index (χ0) is 15.5. The van der Waals surface area contributed by atoms with Gasteiger partial charge >= 0.3 is 5.97 Å². The number of hydrogen-bond acceptors (Lipinski definition) is 3. The maximum absolute atomic E-state index is 12.0. The van der Waals surface area contributed by atoms with Gasteiger partial charge in [-0.25, -0.2) is 4.79 Å². The monoisotopic (exact) mass is 303 g/mol. The minimum atomic E-state index is -0.989. The predicted octanol–water partition coefficient (Wildman–Crippen LogP) is 1.85. The van der Waals surface area contributed by atoms with Gasteiger partial charge in [0.1, 0.15) is 5.75 Å². The van der Waals surface area contributed by atoms with Gasteiger partial charge in [0.25, 0.3) is 0 Å². The molecule has 1 aromatic rings. The summed E-state index contributed by atoms with van der Waals surface area (Å²) >= 11 is 0. The van der Waals surface area contributed by atoms with E-state index in [1.54, 1.807) is 12.1 Å². The van der Waals surface area contributed by atoms with Crippen LogP contribution in [0.2, 0.25) is 0 Å². The predicted molar refractivity (Wildman–Crippen MR) is 80.6 cm³/mol. The van der Waals surface area contributed by atoms with Gasteiger partial charge in [-0.3, -0.25) is 4.79 Å². The number of benzene rings is 1. The van der Waals surface area contributed by atoms with Crippen molar-refractivity contribution in [2.45, 2.75) is 25.7 Å². The van der Waals surface area contributed by atoms with Crippen LogP contribution in [0.25, 0.3) is 0 Å². The van der Waals surface area contributed by atoms with Crippen LogP contribution >= 0.6 is 0 Å². The minimum absolute atomic E-state index is 0.207. The van der Waals surface area contributed by atoms with Crippen LogP contribution in [-0.2, 0) is 16.0 Å². The second-order valence-electron chi connectivity index (χ2n) is 6.21. The first-order chi connectivity index (χ1) is 10.6. The Kier molecular flexibility index (Phi) is 4.32. The lowest BCUT2D eigenvalue weighted by Crippen LogP contribution is -2.27. The maximum atomic E-state index is 12.0. The number of nitrogens with one attached hydrogen (secondary N) is 1. The Morgan fingerprint density at radius 3 is 2.59 bits per heavy atom. The second kappa shape index (κ2) is 6.38. The van der Waals surface area contributed by atoms with E-state index in [0.717, 1.165) is 24.3 Å². The molecule has 0 heterocycles. The minimum Gasteiger partial charge on any atom is -0.482 e. The van der Waals surface area contributed by atoms with Crippen LogP contribution in [-0.4, -0.2) is 30.1 Å². The largest absolute Gasteiger partial charge is 0.482 e. The number of carbonyl (C=O) groups excluding carboxylic acids is 1. The van der Waals surface area contributed by atoms with E-state index < -0.39 is 5.97 Å². The van der Waals surface area contributed by atoms with Crippen molar-refractivity contribution in [3.8, 4) is 5.75 Å². The number of carboxylic acids is 1. The lowest BCUT2D eigenvalue weighted by molar-refractivity contribution is -0.139.